The molecule has 1 aromatic rings. The summed E-state index contributed by atoms with van der Waals surface area (Å²) in [6.07, 6.45) is 1.23. The van der Waals surface area contributed by atoms with Crippen molar-refractivity contribution in [2.75, 3.05) is 26.2 Å². The van der Waals surface area contributed by atoms with Crippen LogP contribution in [0.5, 0.6) is 0 Å². The van der Waals surface area contributed by atoms with Gasteiger partial charge in [0.05, 0.1) is 13.0 Å². The second-order valence-corrected chi connectivity index (χ2v) is 5.87. The number of likely N-dealkylation sites (tertiary alicyclic amines) is 2. The summed E-state index contributed by atoms with van der Waals surface area (Å²) < 4.78 is 0. The molecule has 2 aliphatic heterocycles. The van der Waals surface area contributed by atoms with Crippen molar-refractivity contribution in [2.24, 2.45) is 5.92 Å². The molecule has 2 fully saturated rings. The third-order valence-electron chi connectivity index (χ3n) is 4.17. The van der Waals surface area contributed by atoms with Crippen LogP contribution in [0.4, 0.5) is 0 Å². The molecule has 0 spiro atoms. The van der Waals surface area contributed by atoms with Gasteiger partial charge in [0, 0.05) is 19.6 Å². The number of benzene rings is 1. The van der Waals surface area contributed by atoms with Crippen molar-refractivity contribution in [1.82, 2.24) is 9.80 Å². The Hall–Kier alpha value is -1.68. The molecule has 0 aliphatic carbocycles. The lowest BCUT2D eigenvalue weighted by Crippen LogP contribution is -2.32. The molecule has 0 aromatic heterocycles. The number of ketones is 1. The predicted molar refractivity (Wildman–Crippen MR) is 76.0 cm³/mol. The fourth-order valence-corrected chi connectivity index (χ4v) is 3.16. The number of amides is 1. The van der Waals surface area contributed by atoms with Crippen LogP contribution >= 0.6 is 0 Å². The van der Waals surface area contributed by atoms with Gasteiger partial charge in [-0.15, -0.1) is 0 Å². The van der Waals surface area contributed by atoms with E-state index in [1.54, 1.807) is 4.90 Å². The molecule has 1 aromatic carbocycles. The van der Waals surface area contributed by atoms with Gasteiger partial charge < -0.3 is 4.90 Å². The van der Waals surface area contributed by atoms with Gasteiger partial charge in [-0.25, -0.2) is 0 Å². The molecule has 20 heavy (non-hydrogen) atoms. The van der Waals surface area contributed by atoms with Gasteiger partial charge in [0.1, 0.15) is 0 Å². The van der Waals surface area contributed by atoms with E-state index in [1.165, 1.54) is 5.56 Å². The van der Waals surface area contributed by atoms with Gasteiger partial charge in [0.15, 0.2) is 5.78 Å². The number of Topliss-reactive ketones (excluding diaryl/α,β-unsaturated/α-hetero) is 1. The maximum absolute atomic E-state index is 11.6. The summed E-state index contributed by atoms with van der Waals surface area (Å²) in [5.41, 5.74) is 1.33. The first-order chi connectivity index (χ1) is 9.70. The molecule has 0 bridgehead atoms. The van der Waals surface area contributed by atoms with Crippen LogP contribution in [0.25, 0.3) is 0 Å². The molecule has 0 radical (unpaired) electrons. The van der Waals surface area contributed by atoms with Crippen LogP contribution in [-0.2, 0) is 16.1 Å². The topological polar surface area (TPSA) is 40.6 Å². The molecule has 4 nitrogen and oxygen atoms in total. The molecule has 1 atom stereocenters. The Morgan fingerprint density at radius 2 is 1.95 bits per heavy atom. The number of carbonyl (C=O) groups is 2. The lowest BCUT2D eigenvalue weighted by Gasteiger charge is -2.20. The highest BCUT2D eigenvalue weighted by atomic mass is 16.2. The summed E-state index contributed by atoms with van der Waals surface area (Å²) in [6.45, 7) is 4.15. The van der Waals surface area contributed by atoms with Gasteiger partial charge in [-0.2, -0.15) is 0 Å². The average Bonchev–Trinajstić information content (AvgIpc) is 2.98. The summed E-state index contributed by atoms with van der Waals surface area (Å²) in [5.74, 6) is 0.583. The molecule has 2 saturated heterocycles. The second kappa shape index (κ2) is 5.75. The Morgan fingerprint density at radius 1 is 1.15 bits per heavy atom. The Morgan fingerprint density at radius 3 is 2.65 bits per heavy atom. The maximum atomic E-state index is 11.6. The van der Waals surface area contributed by atoms with Crippen LogP contribution in [0.1, 0.15) is 18.4 Å². The number of nitrogens with zero attached hydrogens (tertiary/aromatic N) is 2. The van der Waals surface area contributed by atoms with E-state index in [9.17, 15) is 9.59 Å². The van der Waals surface area contributed by atoms with Crippen LogP contribution in [0.2, 0.25) is 0 Å². The first-order valence-corrected chi connectivity index (χ1v) is 7.26. The van der Waals surface area contributed by atoms with Crippen LogP contribution < -0.4 is 0 Å². The molecule has 4 heteroatoms. The van der Waals surface area contributed by atoms with Crippen molar-refractivity contribution < 1.29 is 9.59 Å². The quantitative estimate of drug-likeness (QED) is 0.776. The first-order valence-electron chi connectivity index (χ1n) is 7.26. The van der Waals surface area contributed by atoms with E-state index in [-0.39, 0.29) is 18.1 Å². The SMILES string of the molecule is O=C1CC(=O)N(CC2CCN(Cc3ccccc3)C2)C1. The van der Waals surface area contributed by atoms with E-state index < -0.39 is 0 Å². The zero-order valence-corrected chi connectivity index (χ0v) is 11.6. The van der Waals surface area contributed by atoms with Crippen molar-refractivity contribution in [3.05, 3.63) is 35.9 Å². The number of hydrogen-bond donors (Lipinski definition) is 0. The van der Waals surface area contributed by atoms with Crippen molar-refractivity contribution >= 4 is 11.7 Å². The fraction of sp³-hybridized carbons (Fsp3) is 0.500. The van der Waals surface area contributed by atoms with Crippen molar-refractivity contribution in [3.63, 3.8) is 0 Å². The lowest BCUT2D eigenvalue weighted by molar-refractivity contribution is -0.128. The van der Waals surface area contributed by atoms with Gasteiger partial charge in [-0.05, 0) is 24.4 Å². The van der Waals surface area contributed by atoms with Gasteiger partial charge >= 0.3 is 0 Å². The number of carbonyl (C=O) groups excluding carboxylic acids is 2. The Kier molecular flexibility index (Phi) is 3.83. The second-order valence-electron chi connectivity index (χ2n) is 5.87. The predicted octanol–water partition coefficient (Wildman–Crippen LogP) is 1.31. The van der Waals surface area contributed by atoms with E-state index >= 15 is 0 Å². The minimum absolute atomic E-state index is 0.0107. The molecular formula is C16H20N2O2. The summed E-state index contributed by atoms with van der Waals surface area (Å²) in [5, 5.41) is 0. The summed E-state index contributed by atoms with van der Waals surface area (Å²) >= 11 is 0. The molecule has 0 saturated carbocycles. The van der Waals surface area contributed by atoms with E-state index in [4.69, 9.17) is 0 Å². The molecule has 1 amide bonds. The smallest absolute Gasteiger partial charge is 0.230 e. The third kappa shape index (κ3) is 3.07. The van der Waals surface area contributed by atoms with E-state index in [0.29, 0.717) is 12.5 Å². The minimum atomic E-state index is 0.0107. The maximum Gasteiger partial charge on any atom is 0.230 e. The number of rotatable bonds is 4. The monoisotopic (exact) mass is 272 g/mol. The normalized spacial score (nSPS) is 23.8. The van der Waals surface area contributed by atoms with Gasteiger partial charge in [0.2, 0.25) is 5.91 Å². The van der Waals surface area contributed by atoms with Crippen molar-refractivity contribution in [3.8, 4) is 0 Å². The fourth-order valence-electron chi connectivity index (χ4n) is 3.16. The molecule has 2 heterocycles. The molecule has 2 aliphatic rings. The Bertz CT molecular complexity index is 500. The summed E-state index contributed by atoms with van der Waals surface area (Å²) in [4.78, 5) is 27.1. The zero-order chi connectivity index (χ0) is 13.9. The highest BCUT2D eigenvalue weighted by Crippen LogP contribution is 2.21. The summed E-state index contributed by atoms with van der Waals surface area (Å²) in [7, 11) is 0. The van der Waals surface area contributed by atoms with Crippen molar-refractivity contribution in [2.45, 2.75) is 19.4 Å². The Labute approximate surface area is 119 Å². The van der Waals surface area contributed by atoms with Gasteiger partial charge in [0.25, 0.3) is 0 Å². The molecule has 0 N–H and O–H groups in total. The van der Waals surface area contributed by atoms with Crippen LogP contribution in [-0.4, -0.2) is 47.7 Å². The van der Waals surface area contributed by atoms with Gasteiger partial charge in [-0.3, -0.25) is 14.5 Å². The zero-order valence-electron chi connectivity index (χ0n) is 11.6. The van der Waals surface area contributed by atoms with Crippen molar-refractivity contribution in [1.29, 1.82) is 0 Å². The Balaban J connectivity index is 1.50. The minimum Gasteiger partial charge on any atom is -0.335 e. The highest BCUT2D eigenvalue weighted by molar-refractivity contribution is 6.05. The molecule has 1 unspecified atom stereocenters. The van der Waals surface area contributed by atoms with Crippen LogP contribution in [0.15, 0.2) is 30.3 Å². The van der Waals surface area contributed by atoms with Crippen LogP contribution in [0, 0.1) is 5.92 Å². The molecular weight excluding hydrogens is 252 g/mol. The van der Waals surface area contributed by atoms with Gasteiger partial charge in [-0.1, -0.05) is 30.3 Å². The van der Waals surface area contributed by atoms with E-state index in [2.05, 4.69) is 29.2 Å². The van der Waals surface area contributed by atoms with E-state index in [0.717, 1.165) is 32.6 Å². The average molecular weight is 272 g/mol. The molecule has 3 rings (SSSR count). The largest absolute Gasteiger partial charge is 0.335 e. The lowest BCUT2D eigenvalue weighted by atomic mass is 10.1. The number of hydrogen-bond acceptors (Lipinski definition) is 3. The highest BCUT2D eigenvalue weighted by Gasteiger charge is 2.31. The first kappa shape index (κ1) is 13.3. The third-order valence-corrected chi connectivity index (χ3v) is 4.17. The standard InChI is InChI=1S/C16H20N2O2/c19-15-8-16(20)18(12-15)11-14-6-7-17(10-14)9-13-4-2-1-3-5-13/h1-5,14H,6-12H2. The van der Waals surface area contributed by atoms with E-state index in [1.807, 2.05) is 6.07 Å². The summed E-state index contributed by atoms with van der Waals surface area (Å²) in [6, 6.07) is 10.5. The van der Waals surface area contributed by atoms with Crippen LogP contribution in [0.3, 0.4) is 0 Å². The molecule has 106 valence electrons.